The molecule has 2 aromatic carbocycles. The van der Waals surface area contributed by atoms with Crippen LogP contribution in [0.5, 0.6) is 5.75 Å². The van der Waals surface area contributed by atoms with Crippen LogP contribution in [0.4, 0.5) is 0 Å². The fourth-order valence-electron chi connectivity index (χ4n) is 3.01. The Morgan fingerprint density at radius 2 is 1.82 bits per heavy atom. The second kappa shape index (κ2) is 10.3. The van der Waals surface area contributed by atoms with E-state index in [-0.39, 0.29) is 30.6 Å². The van der Waals surface area contributed by atoms with Crippen LogP contribution in [0.2, 0.25) is 0 Å². The van der Waals surface area contributed by atoms with Gasteiger partial charge in [-0.2, -0.15) is 0 Å². The molecule has 2 aromatic rings. The number of benzene rings is 2. The molecule has 0 spiro atoms. The number of aliphatic carboxylic acids is 1. The Morgan fingerprint density at radius 1 is 1.11 bits per heavy atom. The van der Waals surface area contributed by atoms with Gasteiger partial charge in [-0.05, 0) is 43.5 Å². The summed E-state index contributed by atoms with van der Waals surface area (Å²) in [5.41, 5.74) is 2.15. The third kappa shape index (κ3) is 6.54. The minimum Gasteiger partial charge on any atom is -0.496 e. The van der Waals surface area contributed by atoms with Crippen molar-refractivity contribution in [2.24, 2.45) is 0 Å². The summed E-state index contributed by atoms with van der Waals surface area (Å²) in [6.07, 6.45) is 0.897. The second-order valence-electron chi connectivity index (χ2n) is 6.65. The number of carboxylic acid groups (broad SMARTS) is 1. The average Bonchev–Trinajstić information content (AvgIpc) is 2.66. The van der Waals surface area contributed by atoms with Gasteiger partial charge in [-0.3, -0.25) is 14.4 Å². The summed E-state index contributed by atoms with van der Waals surface area (Å²) in [5, 5.41) is 11.9. The Kier molecular flexibility index (Phi) is 7.75. The number of nitrogens with one attached hydrogen (secondary N) is 1. The number of methoxy groups -OCH3 is 1. The summed E-state index contributed by atoms with van der Waals surface area (Å²) in [7, 11) is 1.51. The van der Waals surface area contributed by atoms with E-state index in [1.54, 1.807) is 18.2 Å². The lowest BCUT2D eigenvalue weighted by atomic mass is 10.0. The Hall–Kier alpha value is -3.15. The number of carboxylic acids is 1. The van der Waals surface area contributed by atoms with Crippen molar-refractivity contribution in [2.45, 2.75) is 38.6 Å². The van der Waals surface area contributed by atoms with Crippen molar-refractivity contribution in [3.8, 4) is 5.75 Å². The third-order valence-corrected chi connectivity index (χ3v) is 4.43. The molecule has 0 saturated heterocycles. The van der Waals surface area contributed by atoms with Gasteiger partial charge in [-0.15, -0.1) is 0 Å². The topological polar surface area (TPSA) is 92.7 Å². The molecule has 1 unspecified atom stereocenters. The molecule has 0 aromatic heterocycles. The highest BCUT2D eigenvalue weighted by molar-refractivity contribution is 5.94. The zero-order chi connectivity index (χ0) is 20.5. The fourth-order valence-corrected chi connectivity index (χ4v) is 3.01. The standard InChI is InChI=1S/C22H25NO5/c1-15(24)17-8-10-20(28-2)18(13-17)14-21(25)23-19(9-11-22(26)27)12-16-6-4-3-5-7-16/h3-8,10,13,19H,9,11-12,14H2,1-2H3,(H,23,25)(H,26,27). The largest absolute Gasteiger partial charge is 0.496 e. The zero-order valence-corrected chi connectivity index (χ0v) is 16.1. The van der Waals surface area contributed by atoms with E-state index in [4.69, 9.17) is 9.84 Å². The van der Waals surface area contributed by atoms with Crippen molar-refractivity contribution in [3.05, 3.63) is 65.2 Å². The van der Waals surface area contributed by atoms with Gasteiger partial charge in [-0.1, -0.05) is 30.3 Å². The maximum atomic E-state index is 12.6. The molecule has 0 saturated carbocycles. The molecular weight excluding hydrogens is 358 g/mol. The number of hydrogen-bond donors (Lipinski definition) is 2. The van der Waals surface area contributed by atoms with Gasteiger partial charge in [0.2, 0.25) is 5.91 Å². The zero-order valence-electron chi connectivity index (χ0n) is 16.1. The molecule has 28 heavy (non-hydrogen) atoms. The van der Waals surface area contributed by atoms with Gasteiger partial charge in [0.1, 0.15) is 5.75 Å². The molecule has 0 aliphatic carbocycles. The quantitative estimate of drug-likeness (QED) is 0.615. The SMILES string of the molecule is COc1ccc(C(C)=O)cc1CC(=O)NC(CCC(=O)O)Cc1ccccc1. The highest BCUT2D eigenvalue weighted by Crippen LogP contribution is 2.21. The summed E-state index contributed by atoms with van der Waals surface area (Å²) < 4.78 is 5.29. The lowest BCUT2D eigenvalue weighted by molar-refractivity contribution is -0.137. The summed E-state index contributed by atoms with van der Waals surface area (Å²) in [5.74, 6) is -0.702. The van der Waals surface area contributed by atoms with E-state index in [9.17, 15) is 14.4 Å². The van der Waals surface area contributed by atoms with Crippen molar-refractivity contribution in [2.75, 3.05) is 7.11 Å². The van der Waals surface area contributed by atoms with Crippen molar-refractivity contribution in [3.63, 3.8) is 0 Å². The monoisotopic (exact) mass is 383 g/mol. The Bertz CT molecular complexity index is 832. The van der Waals surface area contributed by atoms with Crippen molar-refractivity contribution in [1.82, 2.24) is 5.32 Å². The number of hydrogen-bond acceptors (Lipinski definition) is 4. The first-order chi connectivity index (χ1) is 13.4. The Labute approximate surface area is 164 Å². The van der Waals surface area contributed by atoms with Crippen LogP contribution in [0.15, 0.2) is 48.5 Å². The minimum atomic E-state index is -0.900. The predicted octanol–water partition coefficient (Wildman–Crippen LogP) is 3.03. The van der Waals surface area contributed by atoms with Crippen LogP contribution in [0.3, 0.4) is 0 Å². The van der Waals surface area contributed by atoms with Crippen molar-refractivity contribution < 1.29 is 24.2 Å². The molecule has 148 valence electrons. The van der Waals surface area contributed by atoms with Gasteiger partial charge in [0.05, 0.1) is 13.5 Å². The fraction of sp³-hybridized carbons (Fsp3) is 0.318. The van der Waals surface area contributed by atoms with Crippen LogP contribution in [-0.4, -0.2) is 35.9 Å². The lowest BCUT2D eigenvalue weighted by Crippen LogP contribution is -2.37. The van der Waals surface area contributed by atoms with Crippen LogP contribution in [0.1, 0.15) is 41.3 Å². The molecule has 0 fully saturated rings. The summed E-state index contributed by atoms with van der Waals surface area (Å²) >= 11 is 0. The third-order valence-electron chi connectivity index (χ3n) is 4.43. The van der Waals surface area contributed by atoms with Gasteiger partial charge < -0.3 is 15.2 Å². The number of rotatable bonds is 10. The van der Waals surface area contributed by atoms with E-state index < -0.39 is 5.97 Å². The van der Waals surface area contributed by atoms with E-state index in [0.29, 0.717) is 29.7 Å². The number of ketones is 1. The molecule has 1 amide bonds. The number of Topliss-reactive ketones (excluding diaryl/α,β-unsaturated/α-hetero) is 1. The molecule has 6 heteroatoms. The Morgan fingerprint density at radius 3 is 2.43 bits per heavy atom. The summed E-state index contributed by atoms with van der Waals surface area (Å²) in [6.45, 7) is 1.47. The molecule has 1 atom stereocenters. The average molecular weight is 383 g/mol. The maximum absolute atomic E-state index is 12.6. The number of amides is 1. The van der Waals surface area contributed by atoms with Crippen LogP contribution in [-0.2, 0) is 22.4 Å². The maximum Gasteiger partial charge on any atom is 0.303 e. The van der Waals surface area contributed by atoms with Crippen LogP contribution in [0, 0.1) is 0 Å². The molecule has 0 radical (unpaired) electrons. The van der Waals surface area contributed by atoms with Gasteiger partial charge in [0, 0.05) is 23.6 Å². The van der Waals surface area contributed by atoms with Crippen LogP contribution >= 0.6 is 0 Å². The highest BCUT2D eigenvalue weighted by atomic mass is 16.5. The van der Waals surface area contributed by atoms with E-state index in [0.717, 1.165) is 5.56 Å². The van der Waals surface area contributed by atoms with E-state index in [2.05, 4.69) is 5.32 Å². The normalized spacial score (nSPS) is 11.5. The summed E-state index contributed by atoms with van der Waals surface area (Å²) in [6, 6.07) is 14.3. The van der Waals surface area contributed by atoms with Gasteiger partial charge >= 0.3 is 5.97 Å². The minimum absolute atomic E-state index is 0.0269. The molecule has 0 bridgehead atoms. The molecule has 0 aliphatic heterocycles. The smallest absolute Gasteiger partial charge is 0.303 e. The molecule has 2 rings (SSSR count). The van der Waals surface area contributed by atoms with E-state index in [1.165, 1.54) is 14.0 Å². The van der Waals surface area contributed by atoms with E-state index >= 15 is 0 Å². The second-order valence-corrected chi connectivity index (χ2v) is 6.65. The molecule has 6 nitrogen and oxygen atoms in total. The Balaban J connectivity index is 2.10. The molecule has 2 N–H and O–H groups in total. The summed E-state index contributed by atoms with van der Waals surface area (Å²) in [4.78, 5) is 35.2. The predicted molar refractivity (Wildman–Crippen MR) is 106 cm³/mol. The number of carbonyl (C=O) groups is 3. The van der Waals surface area contributed by atoms with E-state index in [1.807, 2.05) is 30.3 Å². The first-order valence-electron chi connectivity index (χ1n) is 9.12. The molecule has 0 heterocycles. The van der Waals surface area contributed by atoms with Crippen LogP contribution < -0.4 is 10.1 Å². The van der Waals surface area contributed by atoms with Crippen molar-refractivity contribution in [1.29, 1.82) is 0 Å². The van der Waals surface area contributed by atoms with Gasteiger partial charge in [0.15, 0.2) is 5.78 Å². The number of ether oxygens (including phenoxy) is 1. The van der Waals surface area contributed by atoms with Gasteiger partial charge in [-0.25, -0.2) is 0 Å². The van der Waals surface area contributed by atoms with Gasteiger partial charge in [0.25, 0.3) is 0 Å². The first kappa shape index (κ1) is 21.2. The highest BCUT2D eigenvalue weighted by Gasteiger charge is 2.17. The number of carbonyl (C=O) groups excluding carboxylic acids is 2. The van der Waals surface area contributed by atoms with Crippen LogP contribution in [0.25, 0.3) is 0 Å². The molecular formula is C22H25NO5. The molecule has 0 aliphatic rings. The lowest BCUT2D eigenvalue weighted by Gasteiger charge is -2.19. The first-order valence-corrected chi connectivity index (χ1v) is 9.12. The van der Waals surface area contributed by atoms with Crippen molar-refractivity contribution >= 4 is 17.7 Å².